The summed E-state index contributed by atoms with van der Waals surface area (Å²) in [7, 11) is 0. The number of rotatable bonds is 9. The number of ketones is 2. The molecular weight excluding hydrogens is 585 g/mol. The first-order chi connectivity index (χ1) is 21.1. The van der Waals surface area contributed by atoms with Crippen LogP contribution in [0.3, 0.4) is 0 Å². The number of halogens is 3. The second-order valence-corrected chi connectivity index (χ2v) is 11.3. The molecule has 1 aromatic carbocycles. The summed E-state index contributed by atoms with van der Waals surface area (Å²) in [6.07, 6.45) is 3.25. The number of aliphatic hydroxyl groups excluding tert-OH is 1. The minimum absolute atomic E-state index is 0.0267. The van der Waals surface area contributed by atoms with Gasteiger partial charge in [0.2, 0.25) is 5.65 Å². The lowest BCUT2D eigenvalue weighted by molar-refractivity contribution is -0.142. The molecular formula is C30H29F3N4O7. The number of aliphatic hydroxyl groups is 1. The Morgan fingerprint density at radius 3 is 2.52 bits per heavy atom. The van der Waals surface area contributed by atoms with Crippen LogP contribution in [0.15, 0.2) is 47.6 Å². The standard InChI is InChI=1S/C30H29F3N4O7/c31-30(32,33)27-21(15-43-36-27)22-13-35-28-29(34-7-8-37(22)28)44-19-5-6-20(24(40)12-19)23(39)9-16-1-3-17(4-2-16)10-25(41)26-11-18(38)14-42-26/h5-8,12-13,15-18,26,38,40H,1-4,9-11,14H2/t16?,17?,18-,26+/m1/s1. The summed E-state index contributed by atoms with van der Waals surface area (Å²) in [5.41, 5.74) is -1.17. The van der Waals surface area contributed by atoms with Crippen molar-refractivity contribution in [2.75, 3.05) is 6.61 Å². The average Bonchev–Trinajstić information content (AvgIpc) is 3.74. The number of nitrogens with zero attached hydrogens (tertiary/aromatic N) is 4. The van der Waals surface area contributed by atoms with Gasteiger partial charge in [0.05, 0.1) is 35.7 Å². The van der Waals surface area contributed by atoms with Gasteiger partial charge in [0.25, 0.3) is 5.88 Å². The molecule has 1 aliphatic carbocycles. The van der Waals surface area contributed by atoms with Crippen LogP contribution in [0.4, 0.5) is 13.2 Å². The molecule has 4 aromatic rings. The fourth-order valence-corrected chi connectivity index (χ4v) is 5.97. The molecule has 2 atom stereocenters. The third kappa shape index (κ3) is 6.17. The first-order valence-electron chi connectivity index (χ1n) is 14.3. The van der Waals surface area contributed by atoms with E-state index in [1.165, 1.54) is 41.2 Å². The maximum Gasteiger partial charge on any atom is 0.437 e. The van der Waals surface area contributed by atoms with Gasteiger partial charge in [-0.15, -0.1) is 0 Å². The number of Topliss-reactive ketones (excluding diaryl/α,β-unsaturated/α-hetero) is 2. The molecule has 0 radical (unpaired) electrons. The molecule has 1 aliphatic heterocycles. The van der Waals surface area contributed by atoms with Gasteiger partial charge in [-0.1, -0.05) is 5.16 Å². The number of alkyl halides is 3. The van der Waals surface area contributed by atoms with Gasteiger partial charge in [-0.25, -0.2) is 9.97 Å². The number of aromatic hydroxyl groups is 1. The first kappa shape index (κ1) is 29.8. The highest BCUT2D eigenvalue weighted by molar-refractivity contribution is 5.98. The maximum absolute atomic E-state index is 13.4. The van der Waals surface area contributed by atoms with Crippen LogP contribution in [0.5, 0.6) is 17.4 Å². The SMILES string of the molecule is O=C(CC1CCC(CC(=O)[C@@H]2C[C@@H](O)CO2)CC1)c1ccc(Oc2nccn3c(-c4conc4C(F)(F)F)cnc23)cc1O. The topological polar surface area (TPSA) is 149 Å². The Balaban J connectivity index is 1.08. The van der Waals surface area contributed by atoms with Crippen LogP contribution >= 0.6 is 0 Å². The van der Waals surface area contributed by atoms with Crippen molar-refractivity contribution in [3.8, 4) is 28.6 Å². The highest BCUT2D eigenvalue weighted by atomic mass is 19.4. The van der Waals surface area contributed by atoms with Gasteiger partial charge in [-0.3, -0.25) is 14.0 Å². The molecule has 1 saturated heterocycles. The zero-order valence-electron chi connectivity index (χ0n) is 23.4. The Labute approximate surface area is 248 Å². The Hall–Kier alpha value is -4.30. The zero-order valence-corrected chi connectivity index (χ0v) is 23.4. The second-order valence-electron chi connectivity index (χ2n) is 11.3. The molecule has 6 rings (SSSR count). The van der Waals surface area contributed by atoms with E-state index in [0.717, 1.165) is 31.9 Å². The second kappa shape index (κ2) is 12.0. The summed E-state index contributed by atoms with van der Waals surface area (Å²) < 4.78 is 57.1. The van der Waals surface area contributed by atoms with Gasteiger partial charge < -0.3 is 24.2 Å². The van der Waals surface area contributed by atoms with Crippen LogP contribution in [-0.2, 0) is 15.7 Å². The van der Waals surface area contributed by atoms with E-state index in [4.69, 9.17) is 9.47 Å². The largest absolute Gasteiger partial charge is 0.507 e. The average molecular weight is 615 g/mol. The van der Waals surface area contributed by atoms with E-state index in [-0.39, 0.29) is 76.3 Å². The number of phenols is 1. The molecule has 3 aromatic heterocycles. The molecule has 1 saturated carbocycles. The fourth-order valence-electron chi connectivity index (χ4n) is 5.97. The summed E-state index contributed by atoms with van der Waals surface area (Å²) in [6, 6.07) is 4.22. The first-order valence-corrected chi connectivity index (χ1v) is 14.3. The van der Waals surface area contributed by atoms with Crippen molar-refractivity contribution in [3.63, 3.8) is 0 Å². The van der Waals surface area contributed by atoms with Gasteiger partial charge in [-0.05, 0) is 49.7 Å². The normalized spacial score (nSPS) is 22.4. The molecule has 0 bridgehead atoms. The smallest absolute Gasteiger partial charge is 0.437 e. The Bertz CT molecular complexity index is 1680. The summed E-state index contributed by atoms with van der Waals surface area (Å²) in [4.78, 5) is 33.8. The van der Waals surface area contributed by atoms with E-state index in [2.05, 4.69) is 19.6 Å². The number of benzene rings is 1. The van der Waals surface area contributed by atoms with Crippen molar-refractivity contribution in [1.29, 1.82) is 0 Å². The number of imidazole rings is 1. The number of aromatic nitrogens is 4. The highest BCUT2D eigenvalue weighted by Crippen LogP contribution is 2.38. The van der Waals surface area contributed by atoms with Crippen molar-refractivity contribution >= 4 is 17.2 Å². The van der Waals surface area contributed by atoms with Crippen molar-refractivity contribution in [2.24, 2.45) is 11.8 Å². The Morgan fingerprint density at radius 1 is 1.09 bits per heavy atom. The minimum Gasteiger partial charge on any atom is -0.507 e. The van der Waals surface area contributed by atoms with Crippen molar-refractivity contribution in [3.05, 3.63) is 54.3 Å². The van der Waals surface area contributed by atoms with E-state index in [1.807, 2.05) is 0 Å². The molecule has 4 heterocycles. The monoisotopic (exact) mass is 614 g/mol. The summed E-state index contributed by atoms with van der Waals surface area (Å²) in [5, 5.41) is 23.3. The summed E-state index contributed by atoms with van der Waals surface area (Å²) in [5.74, 6) is 0.0110. The van der Waals surface area contributed by atoms with Crippen LogP contribution in [0.1, 0.15) is 61.0 Å². The van der Waals surface area contributed by atoms with E-state index in [1.54, 1.807) is 0 Å². The zero-order chi connectivity index (χ0) is 31.0. The molecule has 14 heteroatoms. The fraction of sp³-hybridized carbons (Fsp3) is 0.433. The van der Waals surface area contributed by atoms with E-state index < -0.39 is 24.1 Å². The van der Waals surface area contributed by atoms with Crippen LogP contribution in [0, 0.1) is 11.8 Å². The lowest BCUT2D eigenvalue weighted by atomic mass is 9.77. The molecule has 2 N–H and O–H groups in total. The Kier molecular flexibility index (Phi) is 8.12. The van der Waals surface area contributed by atoms with Crippen molar-refractivity contribution in [2.45, 2.75) is 63.3 Å². The molecule has 2 fully saturated rings. The third-order valence-corrected chi connectivity index (χ3v) is 8.26. The van der Waals surface area contributed by atoms with E-state index in [9.17, 15) is 33.0 Å². The Morgan fingerprint density at radius 2 is 1.84 bits per heavy atom. The van der Waals surface area contributed by atoms with Crippen molar-refractivity contribution in [1.82, 2.24) is 19.5 Å². The van der Waals surface area contributed by atoms with Gasteiger partial charge in [0, 0.05) is 37.7 Å². The molecule has 232 valence electrons. The molecule has 0 unspecified atom stereocenters. The number of hydrogen-bond acceptors (Lipinski definition) is 10. The van der Waals surface area contributed by atoms with Crippen LogP contribution in [0.2, 0.25) is 0 Å². The summed E-state index contributed by atoms with van der Waals surface area (Å²) >= 11 is 0. The van der Waals surface area contributed by atoms with E-state index >= 15 is 0 Å². The number of carbonyl (C=O) groups excluding carboxylic acids is 2. The summed E-state index contributed by atoms with van der Waals surface area (Å²) in [6.45, 7) is 0.198. The molecule has 2 aliphatic rings. The highest BCUT2D eigenvalue weighted by Gasteiger charge is 2.39. The number of fused-ring (bicyclic) bond motifs is 1. The predicted octanol–water partition coefficient (Wildman–Crippen LogP) is 5.39. The van der Waals surface area contributed by atoms with Crippen LogP contribution in [0.25, 0.3) is 16.9 Å². The number of carbonyl (C=O) groups is 2. The molecule has 11 nitrogen and oxygen atoms in total. The van der Waals surface area contributed by atoms with Crippen LogP contribution < -0.4 is 4.74 Å². The molecule has 44 heavy (non-hydrogen) atoms. The lowest BCUT2D eigenvalue weighted by Gasteiger charge is -2.28. The minimum atomic E-state index is -4.73. The van der Waals surface area contributed by atoms with E-state index in [0.29, 0.717) is 12.8 Å². The lowest BCUT2D eigenvalue weighted by Crippen LogP contribution is -2.25. The molecule has 0 amide bonds. The predicted molar refractivity (Wildman–Crippen MR) is 146 cm³/mol. The molecule has 0 spiro atoms. The van der Waals surface area contributed by atoms with Gasteiger partial charge >= 0.3 is 6.18 Å². The van der Waals surface area contributed by atoms with Gasteiger partial charge in [0.1, 0.15) is 23.9 Å². The number of hydrogen-bond donors (Lipinski definition) is 2. The van der Waals surface area contributed by atoms with Gasteiger partial charge in [0.15, 0.2) is 17.3 Å². The van der Waals surface area contributed by atoms with Gasteiger partial charge in [-0.2, -0.15) is 13.2 Å². The maximum atomic E-state index is 13.4. The quantitative estimate of drug-likeness (QED) is 0.235. The van der Waals surface area contributed by atoms with Crippen LogP contribution in [-0.4, -0.2) is 60.1 Å². The number of phenolic OH excluding ortho intramolecular Hbond substituents is 1. The third-order valence-electron chi connectivity index (χ3n) is 8.26. The number of ether oxygens (including phenoxy) is 2. The van der Waals surface area contributed by atoms with Crippen molar-refractivity contribution < 1.29 is 47.0 Å².